The molecular formula is C17H15FN2O3. The van der Waals surface area contributed by atoms with Crippen LogP contribution in [0, 0.1) is 5.82 Å². The zero-order valence-corrected chi connectivity index (χ0v) is 12.4. The summed E-state index contributed by atoms with van der Waals surface area (Å²) in [6, 6.07) is 11.8. The van der Waals surface area contributed by atoms with Crippen LogP contribution in [-0.2, 0) is 4.74 Å². The van der Waals surface area contributed by atoms with Gasteiger partial charge in [0.1, 0.15) is 5.82 Å². The molecule has 2 aromatic carbocycles. The number of ether oxygens (including phenoxy) is 1. The largest absolute Gasteiger partial charge is 0.465 e. The number of anilines is 1. The molecular weight excluding hydrogens is 299 g/mol. The first-order chi connectivity index (χ1) is 11.1. The van der Waals surface area contributed by atoms with Gasteiger partial charge in [-0.15, -0.1) is 0 Å². The van der Waals surface area contributed by atoms with Gasteiger partial charge in [0.2, 0.25) is 0 Å². The molecule has 0 aliphatic rings. The van der Waals surface area contributed by atoms with Crippen molar-refractivity contribution in [1.82, 2.24) is 5.32 Å². The molecule has 0 heterocycles. The lowest BCUT2D eigenvalue weighted by Crippen LogP contribution is -2.23. The summed E-state index contributed by atoms with van der Waals surface area (Å²) in [6.07, 6.45) is 2.98. The van der Waals surface area contributed by atoms with E-state index in [1.54, 1.807) is 42.5 Å². The smallest absolute Gasteiger partial charge is 0.337 e. The summed E-state index contributed by atoms with van der Waals surface area (Å²) >= 11 is 0. The van der Waals surface area contributed by atoms with Gasteiger partial charge < -0.3 is 15.4 Å². The molecule has 0 unspecified atom stereocenters. The Kier molecular flexibility index (Phi) is 5.46. The maximum Gasteiger partial charge on any atom is 0.337 e. The fourth-order valence-corrected chi connectivity index (χ4v) is 1.80. The van der Waals surface area contributed by atoms with Crippen LogP contribution in [0.2, 0.25) is 0 Å². The monoisotopic (exact) mass is 314 g/mol. The number of carbonyl (C=O) groups excluding carboxylic acids is 2. The summed E-state index contributed by atoms with van der Waals surface area (Å²) in [6.45, 7) is 0. The van der Waals surface area contributed by atoms with Crippen molar-refractivity contribution in [2.75, 3.05) is 12.4 Å². The maximum atomic E-state index is 13.0. The van der Waals surface area contributed by atoms with Gasteiger partial charge in [-0.3, -0.25) is 0 Å². The Labute approximate surface area is 132 Å². The molecule has 0 atom stereocenters. The molecule has 0 aromatic heterocycles. The minimum atomic E-state index is -0.455. The summed E-state index contributed by atoms with van der Waals surface area (Å²) in [4.78, 5) is 23.0. The van der Waals surface area contributed by atoms with Gasteiger partial charge in [0.05, 0.1) is 12.7 Å². The van der Waals surface area contributed by atoms with Crippen LogP contribution in [0.25, 0.3) is 6.08 Å². The number of urea groups is 1. The number of esters is 1. The van der Waals surface area contributed by atoms with Crippen LogP contribution in [0.5, 0.6) is 0 Å². The number of hydrogen-bond donors (Lipinski definition) is 2. The van der Waals surface area contributed by atoms with Crippen LogP contribution in [-0.4, -0.2) is 19.1 Å². The second kappa shape index (κ2) is 7.74. The molecule has 0 aliphatic heterocycles. The van der Waals surface area contributed by atoms with Gasteiger partial charge >= 0.3 is 12.0 Å². The Morgan fingerprint density at radius 3 is 2.52 bits per heavy atom. The zero-order chi connectivity index (χ0) is 16.7. The Morgan fingerprint density at radius 1 is 1.13 bits per heavy atom. The van der Waals surface area contributed by atoms with Crippen LogP contribution in [0.1, 0.15) is 15.9 Å². The standard InChI is InChI=1S/C17H15FN2O3/c1-23-16(21)13-5-7-15(8-6-13)20-17(22)19-10-9-12-3-2-4-14(18)11-12/h2-11H,1H3,(H2,19,20,22)/b10-9+. The summed E-state index contributed by atoms with van der Waals surface area (Å²) < 4.78 is 17.6. The molecule has 0 saturated carbocycles. The molecule has 0 bridgehead atoms. The molecule has 2 N–H and O–H groups in total. The lowest BCUT2D eigenvalue weighted by molar-refractivity contribution is 0.0601. The van der Waals surface area contributed by atoms with Crippen molar-refractivity contribution in [2.45, 2.75) is 0 Å². The maximum absolute atomic E-state index is 13.0. The highest BCUT2D eigenvalue weighted by atomic mass is 19.1. The van der Waals surface area contributed by atoms with E-state index >= 15 is 0 Å². The summed E-state index contributed by atoms with van der Waals surface area (Å²) in [7, 11) is 1.30. The second-order valence-electron chi connectivity index (χ2n) is 4.56. The van der Waals surface area contributed by atoms with Gasteiger partial charge in [-0.05, 0) is 48.0 Å². The molecule has 2 aromatic rings. The van der Waals surface area contributed by atoms with E-state index < -0.39 is 12.0 Å². The van der Waals surface area contributed by atoms with Gasteiger partial charge in [-0.25, -0.2) is 14.0 Å². The third-order valence-corrected chi connectivity index (χ3v) is 2.90. The highest BCUT2D eigenvalue weighted by Crippen LogP contribution is 2.10. The van der Waals surface area contributed by atoms with Gasteiger partial charge in [0, 0.05) is 11.9 Å². The first-order valence-corrected chi connectivity index (χ1v) is 6.76. The van der Waals surface area contributed by atoms with E-state index in [2.05, 4.69) is 15.4 Å². The molecule has 2 rings (SSSR count). The van der Waals surface area contributed by atoms with E-state index in [1.807, 2.05) is 0 Å². The summed E-state index contributed by atoms with van der Waals surface area (Å²) in [5, 5.41) is 5.10. The Morgan fingerprint density at radius 2 is 1.87 bits per heavy atom. The quantitative estimate of drug-likeness (QED) is 0.850. The predicted octanol–water partition coefficient (Wildman–Crippen LogP) is 3.40. The fraction of sp³-hybridized carbons (Fsp3) is 0.0588. The Bertz CT molecular complexity index is 727. The number of carbonyl (C=O) groups is 2. The Balaban J connectivity index is 1.88. The third kappa shape index (κ3) is 4.96. The molecule has 23 heavy (non-hydrogen) atoms. The minimum Gasteiger partial charge on any atom is -0.465 e. The zero-order valence-electron chi connectivity index (χ0n) is 12.4. The van der Waals surface area contributed by atoms with Crippen molar-refractivity contribution >= 4 is 23.8 Å². The average Bonchev–Trinajstić information content (AvgIpc) is 2.55. The number of amides is 2. The molecule has 118 valence electrons. The minimum absolute atomic E-state index is 0.345. The highest BCUT2D eigenvalue weighted by Gasteiger charge is 2.05. The van der Waals surface area contributed by atoms with E-state index in [0.29, 0.717) is 16.8 Å². The SMILES string of the molecule is COC(=O)c1ccc(NC(=O)N/C=C/c2cccc(F)c2)cc1. The molecule has 0 radical (unpaired) electrons. The van der Waals surface area contributed by atoms with Crippen LogP contribution in [0.4, 0.5) is 14.9 Å². The van der Waals surface area contributed by atoms with Gasteiger partial charge in [-0.1, -0.05) is 12.1 Å². The van der Waals surface area contributed by atoms with E-state index in [9.17, 15) is 14.0 Å². The topological polar surface area (TPSA) is 67.4 Å². The van der Waals surface area contributed by atoms with E-state index in [-0.39, 0.29) is 5.82 Å². The first-order valence-electron chi connectivity index (χ1n) is 6.76. The molecule has 6 heteroatoms. The van der Waals surface area contributed by atoms with Crippen molar-refractivity contribution in [3.63, 3.8) is 0 Å². The molecule has 2 amide bonds. The van der Waals surface area contributed by atoms with Gasteiger partial charge in [0.25, 0.3) is 0 Å². The second-order valence-corrected chi connectivity index (χ2v) is 4.56. The van der Waals surface area contributed by atoms with Crippen molar-refractivity contribution < 1.29 is 18.7 Å². The van der Waals surface area contributed by atoms with E-state index in [1.165, 1.54) is 25.4 Å². The Hall–Kier alpha value is -3.15. The van der Waals surface area contributed by atoms with Crippen molar-refractivity contribution in [1.29, 1.82) is 0 Å². The van der Waals surface area contributed by atoms with Gasteiger partial charge in [0.15, 0.2) is 0 Å². The number of methoxy groups -OCH3 is 1. The number of halogens is 1. The first kappa shape index (κ1) is 16.2. The van der Waals surface area contributed by atoms with Crippen molar-refractivity contribution in [3.8, 4) is 0 Å². The summed E-state index contributed by atoms with van der Waals surface area (Å²) in [5.74, 6) is -0.790. The highest BCUT2D eigenvalue weighted by molar-refractivity contribution is 5.92. The van der Waals surface area contributed by atoms with Crippen LogP contribution in [0.3, 0.4) is 0 Å². The van der Waals surface area contributed by atoms with Gasteiger partial charge in [-0.2, -0.15) is 0 Å². The van der Waals surface area contributed by atoms with E-state index in [4.69, 9.17) is 0 Å². The number of benzene rings is 2. The van der Waals surface area contributed by atoms with E-state index in [0.717, 1.165) is 0 Å². The lowest BCUT2D eigenvalue weighted by Gasteiger charge is -2.05. The predicted molar refractivity (Wildman–Crippen MR) is 85.4 cm³/mol. The normalized spacial score (nSPS) is 10.3. The summed E-state index contributed by atoms with van der Waals surface area (Å²) in [5.41, 5.74) is 1.55. The van der Waals surface area contributed by atoms with Crippen LogP contribution in [0.15, 0.2) is 54.7 Å². The lowest BCUT2D eigenvalue weighted by atomic mass is 10.2. The molecule has 0 saturated heterocycles. The van der Waals surface area contributed by atoms with Crippen LogP contribution < -0.4 is 10.6 Å². The average molecular weight is 314 g/mol. The third-order valence-electron chi connectivity index (χ3n) is 2.90. The molecule has 5 nitrogen and oxygen atoms in total. The number of rotatable bonds is 4. The molecule has 0 spiro atoms. The fourth-order valence-electron chi connectivity index (χ4n) is 1.80. The molecule has 0 fully saturated rings. The number of nitrogens with one attached hydrogen (secondary N) is 2. The van der Waals surface area contributed by atoms with Crippen LogP contribution >= 0.6 is 0 Å². The molecule has 0 aliphatic carbocycles. The van der Waals surface area contributed by atoms with Crippen molar-refractivity contribution in [2.24, 2.45) is 0 Å². The number of hydrogen-bond acceptors (Lipinski definition) is 3. The van der Waals surface area contributed by atoms with Crippen molar-refractivity contribution in [3.05, 3.63) is 71.7 Å².